The lowest BCUT2D eigenvalue weighted by molar-refractivity contribution is -0.150. The van der Waals surface area contributed by atoms with E-state index in [-0.39, 0.29) is 29.4 Å². The number of β-lactam (4-membered cyclic amide) rings is 1. The van der Waals surface area contributed by atoms with Gasteiger partial charge in [-0.2, -0.15) is 0 Å². The third kappa shape index (κ3) is 4.74. The van der Waals surface area contributed by atoms with Crippen molar-refractivity contribution >= 4 is 47.2 Å². The van der Waals surface area contributed by atoms with Crippen molar-refractivity contribution in [1.82, 2.24) is 10.2 Å². The average Bonchev–Trinajstić information content (AvgIpc) is 3.26. The Balaban J connectivity index is 1.76. The molecule has 14 heteroatoms. The minimum atomic E-state index is -1.37. The van der Waals surface area contributed by atoms with Crippen molar-refractivity contribution in [3.63, 3.8) is 0 Å². The molecule has 3 rings (SSSR count). The number of nitrogens with zero attached hydrogens (tertiary/aromatic N) is 2. The number of carboxylic acid groups (broad SMARTS) is 2. The Bertz CT molecular complexity index is 1020. The number of oxime groups is 1. The van der Waals surface area contributed by atoms with Gasteiger partial charge in [-0.05, 0) is 12.1 Å². The summed E-state index contributed by atoms with van der Waals surface area (Å²) in [5.74, 6) is -4.69. The van der Waals surface area contributed by atoms with Gasteiger partial charge in [0.25, 0.3) is 11.8 Å². The zero-order valence-electron chi connectivity index (χ0n) is 16.5. The standard InChI is InChI=1S/C18H17N3O10S/c1-8(22)30-5-9-7-32-17-13(16(26)21(17)14(9)18(27)28)19-15(25)12(10-3-2-4-29-10)20-31-6-11(23)24/h2-4,13,17H,5-7H2,1H3,(H,19,25)(H,23,24)(H,27,28)/t13-,17-/m1/s1. The van der Waals surface area contributed by atoms with Crippen LogP contribution in [0.5, 0.6) is 0 Å². The number of nitrogens with one attached hydrogen (secondary N) is 1. The van der Waals surface area contributed by atoms with Gasteiger partial charge in [0.2, 0.25) is 12.3 Å². The van der Waals surface area contributed by atoms with E-state index in [9.17, 15) is 29.1 Å². The number of thioether (sulfide) groups is 1. The van der Waals surface area contributed by atoms with E-state index in [0.29, 0.717) is 0 Å². The van der Waals surface area contributed by atoms with Gasteiger partial charge < -0.3 is 29.5 Å². The van der Waals surface area contributed by atoms with Gasteiger partial charge in [0, 0.05) is 18.2 Å². The van der Waals surface area contributed by atoms with Crippen LogP contribution in [0, 0.1) is 0 Å². The molecule has 0 bridgehead atoms. The lowest BCUT2D eigenvalue weighted by Gasteiger charge is -2.49. The molecule has 0 saturated carbocycles. The Kier molecular flexibility index (Phi) is 6.82. The zero-order chi connectivity index (χ0) is 23.4. The Morgan fingerprint density at radius 2 is 2.09 bits per heavy atom. The molecule has 1 aromatic heterocycles. The summed E-state index contributed by atoms with van der Waals surface area (Å²) in [7, 11) is 0. The number of furan rings is 1. The highest BCUT2D eigenvalue weighted by atomic mass is 32.2. The summed E-state index contributed by atoms with van der Waals surface area (Å²) >= 11 is 1.18. The Labute approximate surface area is 184 Å². The number of esters is 1. The first kappa shape index (κ1) is 22.9. The highest BCUT2D eigenvalue weighted by Crippen LogP contribution is 2.40. The van der Waals surface area contributed by atoms with Crippen molar-refractivity contribution in [1.29, 1.82) is 0 Å². The van der Waals surface area contributed by atoms with Crippen LogP contribution in [0.1, 0.15) is 12.7 Å². The summed E-state index contributed by atoms with van der Waals surface area (Å²) in [5, 5.41) is 23.4. The van der Waals surface area contributed by atoms with Crippen molar-refractivity contribution in [2.75, 3.05) is 19.0 Å². The fraction of sp³-hybridized carbons (Fsp3) is 0.333. The molecule has 2 aliphatic heterocycles. The molecule has 32 heavy (non-hydrogen) atoms. The van der Waals surface area contributed by atoms with Crippen LogP contribution in [0.3, 0.4) is 0 Å². The van der Waals surface area contributed by atoms with E-state index in [1.807, 2.05) is 0 Å². The van der Waals surface area contributed by atoms with Gasteiger partial charge in [0.1, 0.15) is 23.7 Å². The number of hydrogen-bond donors (Lipinski definition) is 3. The van der Waals surface area contributed by atoms with Crippen molar-refractivity contribution < 1.29 is 48.2 Å². The van der Waals surface area contributed by atoms with Gasteiger partial charge >= 0.3 is 17.9 Å². The summed E-state index contributed by atoms with van der Waals surface area (Å²) in [6.07, 6.45) is 1.26. The molecular formula is C18H17N3O10S. The first-order chi connectivity index (χ1) is 15.2. The Hall–Kier alpha value is -3.81. The first-order valence-corrected chi connectivity index (χ1v) is 10.1. The largest absolute Gasteiger partial charge is 0.479 e. The SMILES string of the molecule is CC(=O)OCC1=C(C(=O)O)N2C(=O)[C@@H](NC(=O)C(=NOCC(=O)O)c3ccco3)[C@H]2SC1. The van der Waals surface area contributed by atoms with Gasteiger partial charge in [-0.25, -0.2) is 9.59 Å². The van der Waals surface area contributed by atoms with Crippen LogP contribution in [0.4, 0.5) is 0 Å². The smallest absolute Gasteiger partial charge is 0.352 e. The number of aliphatic carboxylic acids is 2. The van der Waals surface area contributed by atoms with Crippen molar-refractivity contribution in [3.05, 3.63) is 35.4 Å². The van der Waals surface area contributed by atoms with E-state index in [4.69, 9.17) is 14.3 Å². The van der Waals surface area contributed by atoms with E-state index in [0.717, 1.165) is 4.90 Å². The third-order valence-corrected chi connectivity index (χ3v) is 5.64. The second-order valence-corrected chi connectivity index (χ2v) is 7.59. The van der Waals surface area contributed by atoms with Crippen molar-refractivity contribution in [2.45, 2.75) is 18.3 Å². The van der Waals surface area contributed by atoms with Crippen LogP contribution in [0.25, 0.3) is 0 Å². The van der Waals surface area contributed by atoms with E-state index in [2.05, 4.69) is 15.3 Å². The molecule has 2 amide bonds. The van der Waals surface area contributed by atoms with Gasteiger partial charge in [0.15, 0.2) is 5.76 Å². The molecule has 0 spiro atoms. The van der Waals surface area contributed by atoms with Crippen LogP contribution in [0.2, 0.25) is 0 Å². The number of carbonyl (C=O) groups excluding carboxylic acids is 3. The number of carboxylic acids is 2. The summed E-state index contributed by atoms with van der Waals surface area (Å²) in [6, 6.07) is 1.79. The molecule has 2 atom stereocenters. The predicted octanol–water partition coefficient (Wildman–Crippen LogP) is -0.613. The maximum Gasteiger partial charge on any atom is 0.352 e. The lowest BCUT2D eigenvalue weighted by atomic mass is 10.0. The molecule has 0 aliphatic carbocycles. The van der Waals surface area contributed by atoms with Gasteiger partial charge in [-0.3, -0.25) is 19.3 Å². The minimum Gasteiger partial charge on any atom is -0.479 e. The lowest BCUT2D eigenvalue weighted by Crippen LogP contribution is -2.71. The van der Waals surface area contributed by atoms with Crippen LogP contribution < -0.4 is 5.32 Å². The van der Waals surface area contributed by atoms with Crippen LogP contribution >= 0.6 is 11.8 Å². The normalized spacial score (nSPS) is 20.2. The maximum absolute atomic E-state index is 12.7. The van der Waals surface area contributed by atoms with Gasteiger partial charge in [0.05, 0.1) is 6.26 Å². The number of fused-ring (bicyclic) bond motifs is 1. The zero-order valence-corrected chi connectivity index (χ0v) is 17.3. The first-order valence-electron chi connectivity index (χ1n) is 9.00. The number of carbonyl (C=O) groups is 5. The number of rotatable bonds is 9. The van der Waals surface area contributed by atoms with Crippen LogP contribution in [-0.2, 0) is 33.5 Å². The van der Waals surface area contributed by atoms with E-state index >= 15 is 0 Å². The van der Waals surface area contributed by atoms with E-state index < -0.39 is 53.5 Å². The molecule has 1 saturated heterocycles. The number of hydrogen-bond acceptors (Lipinski definition) is 10. The maximum atomic E-state index is 12.7. The third-order valence-electron chi connectivity index (χ3n) is 4.30. The average molecular weight is 467 g/mol. The monoisotopic (exact) mass is 467 g/mol. The van der Waals surface area contributed by atoms with E-state index in [1.165, 1.54) is 37.1 Å². The number of ether oxygens (including phenoxy) is 1. The second kappa shape index (κ2) is 9.55. The highest BCUT2D eigenvalue weighted by Gasteiger charge is 2.54. The number of amides is 2. The quantitative estimate of drug-likeness (QED) is 0.182. The molecule has 1 fully saturated rings. The molecule has 1 aromatic rings. The predicted molar refractivity (Wildman–Crippen MR) is 105 cm³/mol. The molecular weight excluding hydrogens is 450 g/mol. The van der Waals surface area contributed by atoms with Crippen LogP contribution in [0.15, 0.2) is 39.2 Å². The van der Waals surface area contributed by atoms with Crippen molar-refractivity contribution in [2.24, 2.45) is 5.16 Å². The van der Waals surface area contributed by atoms with Crippen molar-refractivity contribution in [3.8, 4) is 0 Å². The highest BCUT2D eigenvalue weighted by molar-refractivity contribution is 8.00. The van der Waals surface area contributed by atoms with Gasteiger partial charge in [-0.1, -0.05) is 5.16 Å². The summed E-state index contributed by atoms with van der Waals surface area (Å²) in [5.41, 5.74) is -0.435. The van der Waals surface area contributed by atoms with Crippen LogP contribution in [-0.4, -0.2) is 80.9 Å². The molecule has 3 N–H and O–H groups in total. The molecule has 0 radical (unpaired) electrons. The van der Waals surface area contributed by atoms with Gasteiger partial charge in [-0.15, -0.1) is 11.8 Å². The minimum absolute atomic E-state index is 0.0254. The second-order valence-electron chi connectivity index (χ2n) is 6.48. The summed E-state index contributed by atoms with van der Waals surface area (Å²) in [4.78, 5) is 64.4. The molecule has 170 valence electrons. The Morgan fingerprint density at radius 3 is 2.69 bits per heavy atom. The fourth-order valence-electron chi connectivity index (χ4n) is 2.96. The topological polar surface area (TPSA) is 185 Å². The van der Waals surface area contributed by atoms with E-state index in [1.54, 1.807) is 0 Å². The molecule has 13 nitrogen and oxygen atoms in total. The summed E-state index contributed by atoms with van der Waals surface area (Å²) in [6.45, 7) is 0.107. The molecule has 3 heterocycles. The molecule has 2 aliphatic rings. The molecule has 0 unspecified atom stereocenters. The Morgan fingerprint density at radius 1 is 1.34 bits per heavy atom. The molecule has 0 aromatic carbocycles. The summed E-state index contributed by atoms with van der Waals surface area (Å²) < 4.78 is 9.96. The fourth-order valence-corrected chi connectivity index (χ4v) is 4.28.